The first-order valence-electron chi connectivity index (χ1n) is 10.00. The maximum atomic E-state index is 12.5. The van der Waals surface area contributed by atoms with E-state index in [1.807, 2.05) is 20.8 Å². The molecule has 1 aromatic rings. The van der Waals surface area contributed by atoms with E-state index in [2.05, 4.69) is 43.4 Å². The summed E-state index contributed by atoms with van der Waals surface area (Å²) in [4.78, 5) is 26.4. The monoisotopic (exact) mass is 374 g/mol. The van der Waals surface area contributed by atoms with Gasteiger partial charge in [0, 0.05) is 19.6 Å². The van der Waals surface area contributed by atoms with Gasteiger partial charge in [-0.2, -0.15) is 0 Å². The van der Waals surface area contributed by atoms with Gasteiger partial charge in [-0.05, 0) is 57.1 Å². The van der Waals surface area contributed by atoms with Crippen LogP contribution in [0.4, 0.5) is 4.79 Å². The fourth-order valence-electron chi connectivity index (χ4n) is 3.23. The molecule has 1 heterocycles. The number of hydrogen-bond donors (Lipinski definition) is 1. The minimum absolute atomic E-state index is 0.0297. The van der Waals surface area contributed by atoms with Gasteiger partial charge in [-0.25, -0.2) is 4.79 Å². The van der Waals surface area contributed by atoms with Crippen molar-refractivity contribution >= 4 is 12.0 Å². The molecule has 2 rings (SSSR count). The molecule has 5 heteroatoms. The Labute approximate surface area is 163 Å². The maximum Gasteiger partial charge on any atom is 0.410 e. The van der Waals surface area contributed by atoms with Crippen molar-refractivity contribution in [1.82, 2.24) is 10.2 Å². The highest BCUT2D eigenvalue weighted by atomic mass is 16.6. The number of nitrogens with one attached hydrogen (secondary N) is 1. The number of ether oxygens (including phenoxy) is 1. The third kappa shape index (κ3) is 6.89. The molecule has 0 unspecified atom stereocenters. The Kier molecular flexibility index (Phi) is 7.28. The average Bonchev–Trinajstić information content (AvgIpc) is 2.60. The van der Waals surface area contributed by atoms with E-state index in [9.17, 15) is 9.59 Å². The third-order valence-corrected chi connectivity index (χ3v) is 4.80. The van der Waals surface area contributed by atoms with E-state index in [4.69, 9.17) is 4.74 Å². The van der Waals surface area contributed by atoms with Crippen molar-refractivity contribution < 1.29 is 14.3 Å². The van der Waals surface area contributed by atoms with E-state index in [1.54, 1.807) is 4.90 Å². The fourth-order valence-corrected chi connectivity index (χ4v) is 3.23. The second-order valence-corrected chi connectivity index (χ2v) is 8.70. The van der Waals surface area contributed by atoms with Crippen LogP contribution in [0.5, 0.6) is 0 Å². The lowest BCUT2D eigenvalue weighted by molar-refractivity contribution is -0.126. The summed E-state index contributed by atoms with van der Waals surface area (Å²) in [6.45, 7) is 11.6. The Balaban J connectivity index is 1.78. The van der Waals surface area contributed by atoms with Gasteiger partial charge in [0.05, 0.1) is 5.92 Å². The zero-order valence-corrected chi connectivity index (χ0v) is 17.4. The largest absolute Gasteiger partial charge is 0.444 e. The van der Waals surface area contributed by atoms with Gasteiger partial charge in [-0.1, -0.05) is 38.1 Å². The summed E-state index contributed by atoms with van der Waals surface area (Å²) in [5, 5.41) is 3.03. The normalized spacial score (nSPS) is 17.7. The molecule has 5 nitrogen and oxygen atoms in total. The van der Waals surface area contributed by atoms with Gasteiger partial charge in [0.25, 0.3) is 0 Å². The molecule has 1 aliphatic heterocycles. The molecule has 150 valence electrons. The van der Waals surface area contributed by atoms with Gasteiger partial charge in [0.2, 0.25) is 5.91 Å². The van der Waals surface area contributed by atoms with Crippen LogP contribution in [0.15, 0.2) is 24.3 Å². The van der Waals surface area contributed by atoms with Crippen molar-refractivity contribution in [1.29, 1.82) is 0 Å². The Morgan fingerprint density at radius 2 is 1.89 bits per heavy atom. The van der Waals surface area contributed by atoms with Crippen LogP contribution in [-0.4, -0.2) is 42.1 Å². The molecule has 1 saturated heterocycles. The van der Waals surface area contributed by atoms with Crippen LogP contribution < -0.4 is 5.32 Å². The zero-order valence-electron chi connectivity index (χ0n) is 17.4. The lowest BCUT2D eigenvalue weighted by Crippen LogP contribution is -2.47. The van der Waals surface area contributed by atoms with Crippen molar-refractivity contribution in [2.45, 2.75) is 65.4 Å². The first kappa shape index (κ1) is 21.3. The lowest BCUT2D eigenvalue weighted by Gasteiger charge is -2.33. The highest BCUT2D eigenvalue weighted by Crippen LogP contribution is 2.20. The third-order valence-electron chi connectivity index (χ3n) is 4.80. The van der Waals surface area contributed by atoms with Crippen LogP contribution in [-0.2, 0) is 16.0 Å². The number of hydrogen-bond acceptors (Lipinski definition) is 3. The summed E-state index contributed by atoms with van der Waals surface area (Å²) in [6, 6.07) is 8.57. The first-order chi connectivity index (χ1) is 12.7. The van der Waals surface area contributed by atoms with Crippen LogP contribution in [0.1, 0.15) is 64.5 Å². The van der Waals surface area contributed by atoms with Crippen molar-refractivity contribution in [3.63, 3.8) is 0 Å². The fraction of sp³-hybridized carbons (Fsp3) is 0.636. The molecule has 0 aromatic heterocycles. The standard InChI is InChI=1S/C22H34N2O3/c1-16(2)18-10-8-17(9-11-18)12-13-23-20(25)19-7-6-14-24(15-19)21(26)27-22(3,4)5/h8-11,16,19H,6-7,12-15H2,1-5H3,(H,23,25)/t19-/m1/s1. The van der Waals surface area contributed by atoms with E-state index in [1.165, 1.54) is 11.1 Å². The molecule has 1 aliphatic rings. The number of amides is 2. The van der Waals surface area contributed by atoms with E-state index in [0.29, 0.717) is 25.6 Å². The summed E-state index contributed by atoms with van der Waals surface area (Å²) in [6.07, 6.45) is 2.12. The summed E-state index contributed by atoms with van der Waals surface area (Å²) in [5.41, 5.74) is 2.03. The lowest BCUT2D eigenvalue weighted by atomic mass is 9.97. The second kappa shape index (κ2) is 9.25. The number of nitrogens with zero attached hydrogens (tertiary/aromatic N) is 1. The van der Waals surface area contributed by atoms with Gasteiger partial charge in [0.15, 0.2) is 0 Å². The van der Waals surface area contributed by atoms with E-state index < -0.39 is 5.60 Å². The summed E-state index contributed by atoms with van der Waals surface area (Å²) in [7, 11) is 0. The van der Waals surface area contributed by atoms with Crippen molar-refractivity contribution in [2.24, 2.45) is 5.92 Å². The molecule has 1 aromatic carbocycles. The van der Waals surface area contributed by atoms with Gasteiger partial charge in [-0.15, -0.1) is 0 Å². The molecule has 0 radical (unpaired) electrons. The number of likely N-dealkylation sites (tertiary alicyclic amines) is 1. The second-order valence-electron chi connectivity index (χ2n) is 8.70. The maximum absolute atomic E-state index is 12.5. The van der Waals surface area contributed by atoms with E-state index >= 15 is 0 Å². The summed E-state index contributed by atoms with van der Waals surface area (Å²) < 4.78 is 5.43. The number of benzene rings is 1. The smallest absolute Gasteiger partial charge is 0.410 e. The molecule has 2 amide bonds. The van der Waals surface area contributed by atoms with Gasteiger partial charge in [0.1, 0.15) is 5.60 Å². The van der Waals surface area contributed by atoms with Crippen molar-refractivity contribution in [3.05, 3.63) is 35.4 Å². The molecule has 0 bridgehead atoms. The molecule has 0 aliphatic carbocycles. The summed E-state index contributed by atoms with van der Waals surface area (Å²) in [5.74, 6) is 0.398. The topological polar surface area (TPSA) is 58.6 Å². The van der Waals surface area contributed by atoms with Crippen molar-refractivity contribution in [2.75, 3.05) is 19.6 Å². The minimum atomic E-state index is -0.516. The molecule has 0 spiro atoms. The van der Waals surface area contributed by atoms with E-state index in [-0.39, 0.29) is 17.9 Å². The summed E-state index contributed by atoms with van der Waals surface area (Å²) >= 11 is 0. The van der Waals surface area contributed by atoms with Gasteiger partial charge in [-0.3, -0.25) is 4.79 Å². The van der Waals surface area contributed by atoms with Crippen LogP contribution in [0.3, 0.4) is 0 Å². The number of piperidine rings is 1. The van der Waals surface area contributed by atoms with E-state index in [0.717, 1.165) is 19.3 Å². The zero-order chi connectivity index (χ0) is 20.0. The Bertz CT molecular complexity index is 632. The number of carbonyl (C=O) groups excluding carboxylic acids is 2. The Hall–Kier alpha value is -2.04. The van der Waals surface area contributed by atoms with Crippen molar-refractivity contribution in [3.8, 4) is 0 Å². The van der Waals surface area contributed by atoms with Crippen LogP contribution >= 0.6 is 0 Å². The van der Waals surface area contributed by atoms with Crippen LogP contribution in [0.25, 0.3) is 0 Å². The predicted octanol–water partition coefficient (Wildman–Crippen LogP) is 4.12. The number of rotatable bonds is 5. The minimum Gasteiger partial charge on any atom is -0.444 e. The molecule has 1 N–H and O–H groups in total. The average molecular weight is 375 g/mol. The quantitative estimate of drug-likeness (QED) is 0.843. The van der Waals surface area contributed by atoms with Crippen LogP contribution in [0.2, 0.25) is 0 Å². The SMILES string of the molecule is CC(C)c1ccc(CCNC(=O)[C@@H]2CCCN(C(=O)OC(C)(C)C)C2)cc1. The Morgan fingerprint density at radius 1 is 1.22 bits per heavy atom. The highest BCUT2D eigenvalue weighted by molar-refractivity contribution is 5.80. The molecular weight excluding hydrogens is 340 g/mol. The Morgan fingerprint density at radius 3 is 2.48 bits per heavy atom. The number of carbonyl (C=O) groups is 2. The highest BCUT2D eigenvalue weighted by Gasteiger charge is 2.30. The molecule has 27 heavy (non-hydrogen) atoms. The van der Waals surface area contributed by atoms with Gasteiger partial charge < -0.3 is 15.0 Å². The molecular formula is C22H34N2O3. The van der Waals surface area contributed by atoms with Crippen LogP contribution in [0, 0.1) is 5.92 Å². The predicted molar refractivity (Wildman–Crippen MR) is 108 cm³/mol. The molecule has 0 saturated carbocycles. The first-order valence-corrected chi connectivity index (χ1v) is 10.00. The molecule has 1 atom stereocenters. The van der Waals surface area contributed by atoms with Gasteiger partial charge >= 0.3 is 6.09 Å². The molecule has 1 fully saturated rings.